The van der Waals surface area contributed by atoms with Crippen molar-refractivity contribution in [2.24, 2.45) is 5.92 Å². The Labute approximate surface area is 173 Å². The fourth-order valence-corrected chi connectivity index (χ4v) is 4.74. The Morgan fingerprint density at radius 3 is 2.59 bits per heavy atom. The van der Waals surface area contributed by atoms with Crippen molar-refractivity contribution in [2.45, 2.75) is 57.3 Å². The van der Waals surface area contributed by atoms with Gasteiger partial charge in [-0.3, -0.25) is 9.59 Å². The van der Waals surface area contributed by atoms with Gasteiger partial charge < -0.3 is 19.3 Å². The van der Waals surface area contributed by atoms with Crippen molar-refractivity contribution in [3.8, 4) is 0 Å². The molecule has 1 aromatic rings. The maximum Gasteiger partial charge on any atom is 0.242 e. The molecule has 0 N–H and O–H groups in total. The summed E-state index contributed by atoms with van der Waals surface area (Å²) in [5, 5.41) is 0. The van der Waals surface area contributed by atoms with E-state index in [1.165, 1.54) is 19.3 Å². The normalized spacial score (nSPS) is 26.6. The molecule has 1 aliphatic carbocycles. The molecule has 0 aromatic heterocycles. The largest absolute Gasteiger partial charge is 0.381 e. The molecule has 3 aliphatic rings. The van der Waals surface area contributed by atoms with E-state index in [9.17, 15) is 9.59 Å². The molecule has 6 heteroatoms. The smallest absolute Gasteiger partial charge is 0.242 e. The van der Waals surface area contributed by atoms with Crippen LogP contribution in [-0.4, -0.2) is 66.6 Å². The molecule has 0 bridgehead atoms. The van der Waals surface area contributed by atoms with Crippen LogP contribution in [-0.2, 0) is 25.7 Å². The Morgan fingerprint density at radius 2 is 1.86 bits per heavy atom. The van der Waals surface area contributed by atoms with E-state index in [2.05, 4.69) is 0 Å². The predicted molar refractivity (Wildman–Crippen MR) is 109 cm³/mol. The Balaban J connectivity index is 1.48. The van der Waals surface area contributed by atoms with E-state index in [1.54, 1.807) is 4.90 Å². The molecule has 2 aliphatic heterocycles. The Morgan fingerprint density at radius 1 is 1.07 bits per heavy atom. The zero-order valence-corrected chi connectivity index (χ0v) is 17.1. The first-order valence-corrected chi connectivity index (χ1v) is 11.0. The number of benzene rings is 1. The molecule has 3 fully saturated rings. The van der Waals surface area contributed by atoms with Crippen molar-refractivity contribution in [3.63, 3.8) is 0 Å². The molecule has 2 amide bonds. The first-order chi connectivity index (χ1) is 14.2. The zero-order valence-electron chi connectivity index (χ0n) is 17.1. The predicted octanol–water partition coefficient (Wildman–Crippen LogP) is 2.61. The number of amides is 2. The molecule has 29 heavy (non-hydrogen) atoms. The monoisotopic (exact) mass is 400 g/mol. The van der Waals surface area contributed by atoms with Gasteiger partial charge in [0.25, 0.3) is 0 Å². The third kappa shape index (κ3) is 5.17. The van der Waals surface area contributed by atoms with Gasteiger partial charge in [-0.2, -0.15) is 0 Å². The van der Waals surface area contributed by atoms with E-state index in [0.29, 0.717) is 32.9 Å². The van der Waals surface area contributed by atoms with Gasteiger partial charge in [-0.1, -0.05) is 49.6 Å². The quantitative estimate of drug-likeness (QED) is 0.762. The van der Waals surface area contributed by atoms with Crippen molar-refractivity contribution < 1.29 is 19.1 Å². The van der Waals surface area contributed by atoms with Gasteiger partial charge in [-0.05, 0) is 24.8 Å². The summed E-state index contributed by atoms with van der Waals surface area (Å²) in [5.41, 5.74) is 1.11. The SMILES string of the molecule is O=C([C@@H]1CCOC1)N1CC(=O)N(C2CCCCC2)C[C@H](OCc2ccccc2)C1. The summed E-state index contributed by atoms with van der Waals surface area (Å²) in [6.45, 7) is 2.79. The van der Waals surface area contributed by atoms with Crippen LogP contribution in [0.15, 0.2) is 30.3 Å². The maximum atomic E-state index is 13.1. The molecule has 2 saturated heterocycles. The summed E-state index contributed by atoms with van der Waals surface area (Å²) in [6.07, 6.45) is 6.28. The van der Waals surface area contributed by atoms with E-state index in [4.69, 9.17) is 9.47 Å². The molecule has 4 rings (SSSR count). The Hall–Kier alpha value is -1.92. The van der Waals surface area contributed by atoms with Crippen molar-refractivity contribution in [2.75, 3.05) is 32.8 Å². The molecule has 158 valence electrons. The van der Waals surface area contributed by atoms with Gasteiger partial charge in [0.2, 0.25) is 11.8 Å². The average molecular weight is 401 g/mol. The van der Waals surface area contributed by atoms with Gasteiger partial charge in [0.05, 0.1) is 31.8 Å². The topological polar surface area (TPSA) is 59.1 Å². The molecule has 6 nitrogen and oxygen atoms in total. The zero-order chi connectivity index (χ0) is 20.1. The number of hydrogen-bond acceptors (Lipinski definition) is 4. The molecular weight excluding hydrogens is 368 g/mol. The highest BCUT2D eigenvalue weighted by Gasteiger charge is 2.37. The lowest BCUT2D eigenvalue weighted by Crippen LogP contribution is -2.46. The number of carbonyl (C=O) groups is 2. The second kappa shape index (κ2) is 9.72. The molecular formula is C23H32N2O4. The summed E-state index contributed by atoms with van der Waals surface area (Å²) in [6, 6.07) is 10.4. The van der Waals surface area contributed by atoms with Crippen LogP contribution in [0.2, 0.25) is 0 Å². The van der Waals surface area contributed by atoms with Crippen LogP contribution in [0.3, 0.4) is 0 Å². The molecule has 1 saturated carbocycles. The van der Waals surface area contributed by atoms with Crippen molar-refractivity contribution in [3.05, 3.63) is 35.9 Å². The second-order valence-electron chi connectivity index (χ2n) is 8.54. The summed E-state index contributed by atoms with van der Waals surface area (Å²) < 4.78 is 11.6. The van der Waals surface area contributed by atoms with E-state index < -0.39 is 0 Å². The molecule has 0 unspecified atom stereocenters. The van der Waals surface area contributed by atoms with Crippen LogP contribution >= 0.6 is 0 Å². The van der Waals surface area contributed by atoms with Gasteiger partial charge in [0.15, 0.2) is 0 Å². The fraction of sp³-hybridized carbons (Fsp3) is 0.652. The highest BCUT2D eigenvalue weighted by atomic mass is 16.5. The van der Waals surface area contributed by atoms with Crippen LogP contribution in [0.4, 0.5) is 0 Å². The number of nitrogens with zero attached hydrogens (tertiary/aromatic N) is 2. The molecule has 2 atom stereocenters. The molecule has 2 heterocycles. The Kier molecular flexibility index (Phi) is 6.82. The van der Waals surface area contributed by atoms with Gasteiger partial charge in [0.1, 0.15) is 0 Å². The minimum Gasteiger partial charge on any atom is -0.381 e. The van der Waals surface area contributed by atoms with Crippen molar-refractivity contribution in [1.29, 1.82) is 0 Å². The van der Waals surface area contributed by atoms with E-state index >= 15 is 0 Å². The first kappa shape index (κ1) is 20.4. The third-order valence-corrected chi connectivity index (χ3v) is 6.41. The standard InChI is InChI=1S/C23H32N2O4/c26-22-15-24(23(27)19-11-12-28-17-19)13-21(29-16-18-7-3-1-4-8-18)14-25(22)20-9-5-2-6-10-20/h1,3-4,7-8,19-21H,2,5-6,9-17H2/t19-,21-/m1/s1. The summed E-state index contributed by atoms with van der Waals surface area (Å²) in [7, 11) is 0. The summed E-state index contributed by atoms with van der Waals surface area (Å²) >= 11 is 0. The van der Waals surface area contributed by atoms with Gasteiger partial charge in [-0.15, -0.1) is 0 Å². The van der Waals surface area contributed by atoms with Gasteiger partial charge in [-0.25, -0.2) is 0 Å². The van der Waals surface area contributed by atoms with E-state index in [0.717, 1.165) is 24.8 Å². The van der Waals surface area contributed by atoms with Crippen LogP contribution in [0.25, 0.3) is 0 Å². The van der Waals surface area contributed by atoms with E-state index in [1.807, 2.05) is 35.2 Å². The second-order valence-corrected chi connectivity index (χ2v) is 8.54. The molecule has 0 radical (unpaired) electrons. The lowest BCUT2D eigenvalue weighted by atomic mass is 9.94. The Bertz CT molecular complexity index is 683. The number of hydrogen-bond donors (Lipinski definition) is 0. The van der Waals surface area contributed by atoms with Gasteiger partial charge in [0, 0.05) is 25.7 Å². The highest BCUT2D eigenvalue weighted by Crippen LogP contribution is 2.26. The van der Waals surface area contributed by atoms with Crippen molar-refractivity contribution >= 4 is 11.8 Å². The summed E-state index contributed by atoms with van der Waals surface area (Å²) in [4.78, 5) is 29.9. The van der Waals surface area contributed by atoms with Crippen LogP contribution in [0, 0.1) is 5.92 Å². The van der Waals surface area contributed by atoms with Gasteiger partial charge >= 0.3 is 0 Å². The van der Waals surface area contributed by atoms with Crippen LogP contribution in [0.1, 0.15) is 44.1 Å². The lowest BCUT2D eigenvalue weighted by Gasteiger charge is -2.34. The van der Waals surface area contributed by atoms with Crippen LogP contribution < -0.4 is 0 Å². The van der Waals surface area contributed by atoms with E-state index in [-0.39, 0.29) is 36.4 Å². The lowest BCUT2D eigenvalue weighted by molar-refractivity contribution is -0.142. The molecule has 0 spiro atoms. The number of carbonyl (C=O) groups excluding carboxylic acids is 2. The van der Waals surface area contributed by atoms with Crippen LogP contribution in [0.5, 0.6) is 0 Å². The maximum absolute atomic E-state index is 13.1. The third-order valence-electron chi connectivity index (χ3n) is 6.41. The minimum atomic E-state index is -0.171. The number of rotatable bonds is 5. The molecule has 1 aromatic carbocycles. The number of ether oxygens (including phenoxy) is 2. The minimum absolute atomic E-state index is 0.0367. The summed E-state index contributed by atoms with van der Waals surface area (Å²) in [5.74, 6) is -0.0246. The fourth-order valence-electron chi connectivity index (χ4n) is 4.74. The average Bonchev–Trinajstić information content (AvgIpc) is 3.24. The first-order valence-electron chi connectivity index (χ1n) is 11.0. The highest BCUT2D eigenvalue weighted by molar-refractivity contribution is 5.86. The van der Waals surface area contributed by atoms with Crippen molar-refractivity contribution in [1.82, 2.24) is 9.80 Å².